The number of aliphatic imine (C=N–C) groups is 1. The SMILES string of the molecule is CCOC(=O)C1=C(COCCN2C(=O)c3ccccc3C2=O)N=C(C)C(C#N)C1c1ccccc1Cl. The number of fused-ring (bicyclic) bond motifs is 1. The number of carbonyl (C=O) groups is 3. The molecule has 2 aliphatic rings. The molecule has 8 nitrogen and oxygen atoms in total. The summed E-state index contributed by atoms with van der Waals surface area (Å²) in [5.74, 6) is -2.74. The van der Waals surface area contributed by atoms with Gasteiger partial charge >= 0.3 is 5.97 Å². The van der Waals surface area contributed by atoms with E-state index in [0.717, 1.165) is 4.90 Å². The highest BCUT2D eigenvalue weighted by atomic mass is 35.5. The molecule has 0 N–H and O–H groups in total. The molecule has 0 bridgehead atoms. The van der Waals surface area contributed by atoms with E-state index in [0.29, 0.717) is 33.1 Å². The second kappa shape index (κ2) is 10.9. The minimum absolute atomic E-state index is 0.0398. The number of hydrogen-bond acceptors (Lipinski definition) is 7. The number of nitriles is 1. The zero-order valence-electron chi connectivity index (χ0n) is 19.9. The van der Waals surface area contributed by atoms with Crippen LogP contribution in [-0.2, 0) is 14.3 Å². The van der Waals surface area contributed by atoms with Gasteiger partial charge in [-0.1, -0.05) is 41.9 Å². The van der Waals surface area contributed by atoms with Gasteiger partial charge in [-0.3, -0.25) is 19.5 Å². The Morgan fingerprint density at radius 2 is 1.75 bits per heavy atom. The van der Waals surface area contributed by atoms with Crippen molar-refractivity contribution in [3.8, 4) is 6.07 Å². The molecular formula is C27H24ClN3O5. The average molecular weight is 506 g/mol. The Kier molecular flexibility index (Phi) is 7.63. The Bertz CT molecular complexity index is 1290. The van der Waals surface area contributed by atoms with Crippen molar-refractivity contribution in [3.63, 3.8) is 0 Å². The molecule has 2 heterocycles. The maximum absolute atomic E-state index is 13.1. The Hall–Kier alpha value is -3.80. The van der Waals surface area contributed by atoms with Crippen molar-refractivity contribution in [2.45, 2.75) is 19.8 Å². The molecule has 0 radical (unpaired) electrons. The van der Waals surface area contributed by atoms with Crippen molar-refractivity contribution in [1.29, 1.82) is 5.26 Å². The molecule has 36 heavy (non-hydrogen) atoms. The molecule has 2 aromatic carbocycles. The number of halogens is 1. The summed E-state index contributed by atoms with van der Waals surface area (Å²) in [5, 5.41) is 10.3. The van der Waals surface area contributed by atoms with Gasteiger partial charge in [0.05, 0.1) is 60.7 Å². The van der Waals surface area contributed by atoms with E-state index in [1.165, 1.54) is 0 Å². The molecule has 4 rings (SSSR count). The van der Waals surface area contributed by atoms with Crippen LogP contribution in [0.5, 0.6) is 0 Å². The van der Waals surface area contributed by atoms with Crippen LogP contribution in [0, 0.1) is 17.2 Å². The van der Waals surface area contributed by atoms with E-state index in [2.05, 4.69) is 11.1 Å². The third-order valence-corrected chi connectivity index (χ3v) is 6.51. The van der Waals surface area contributed by atoms with Crippen molar-refractivity contribution < 1.29 is 23.9 Å². The zero-order valence-corrected chi connectivity index (χ0v) is 20.6. The van der Waals surface area contributed by atoms with Crippen molar-refractivity contribution in [1.82, 2.24) is 4.90 Å². The van der Waals surface area contributed by atoms with Gasteiger partial charge in [-0.05, 0) is 37.6 Å². The highest BCUT2D eigenvalue weighted by molar-refractivity contribution is 6.31. The van der Waals surface area contributed by atoms with Crippen molar-refractivity contribution in [2.75, 3.05) is 26.4 Å². The van der Waals surface area contributed by atoms with Crippen LogP contribution in [0.15, 0.2) is 64.8 Å². The lowest BCUT2D eigenvalue weighted by molar-refractivity contribution is -0.139. The molecular weight excluding hydrogens is 482 g/mol. The molecule has 2 amide bonds. The van der Waals surface area contributed by atoms with Gasteiger partial charge in [-0.25, -0.2) is 4.79 Å². The number of rotatable bonds is 8. The van der Waals surface area contributed by atoms with Gasteiger partial charge in [0.1, 0.15) is 0 Å². The first kappa shape index (κ1) is 25.3. The van der Waals surface area contributed by atoms with E-state index in [9.17, 15) is 19.6 Å². The molecule has 2 unspecified atom stereocenters. The van der Waals surface area contributed by atoms with Crippen molar-refractivity contribution in [2.24, 2.45) is 10.9 Å². The van der Waals surface area contributed by atoms with E-state index >= 15 is 0 Å². The third-order valence-electron chi connectivity index (χ3n) is 6.17. The largest absolute Gasteiger partial charge is 0.463 e. The summed E-state index contributed by atoms with van der Waals surface area (Å²) in [6.07, 6.45) is 0. The standard InChI is InChI=1S/C27H24ClN3O5/c1-3-36-27(34)24-22(30-16(2)20(14-29)23(24)19-10-6-7-11-21(19)28)15-35-13-12-31-25(32)17-8-4-5-9-18(17)26(31)33/h4-11,20,23H,3,12-13,15H2,1-2H3. The van der Waals surface area contributed by atoms with Crippen LogP contribution < -0.4 is 0 Å². The van der Waals surface area contributed by atoms with Crippen LogP contribution in [0.1, 0.15) is 46.0 Å². The molecule has 0 spiro atoms. The number of amides is 2. The molecule has 2 aromatic rings. The Labute approximate surface area is 213 Å². The molecule has 184 valence electrons. The molecule has 0 saturated carbocycles. The van der Waals surface area contributed by atoms with Crippen LogP contribution >= 0.6 is 11.6 Å². The predicted octanol–water partition coefficient (Wildman–Crippen LogP) is 4.17. The van der Waals surface area contributed by atoms with Crippen molar-refractivity contribution in [3.05, 3.63) is 81.5 Å². The Morgan fingerprint density at radius 1 is 1.11 bits per heavy atom. The first-order valence-electron chi connectivity index (χ1n) is 11.5. The summed E-state index contributed by atoms with van der Waals surface area (Å²) >= 11 is 6.46. The van der Waals surface area contributed by atoms with Gasteiger partial charge in [0.25, 0.3) is 11.8 Å². The maximum atomic E-state index is 13.1. The predicted molar refractivity (Wildman–Crippen MR) is 133 cm³/mol. The summed E-state index contributed by atoms with van der Waals surface area (Å²) < 4.78 is 11.1. The highest BCUT2D eigenvalue weighted by Gasteiger charge is 2.40. The molecule has 0 fully saturated rings. The number of hydrogen-bond donors (Lipinski definition) is 0. The van der Waals surface area contributed by atoms with Gasteiger partial charge in [-0.2, -0.15) is 5.26 Å². The first-order chi connectivity index (χ1) is 17.4. The van der Waals surface area contributed by atoms with Gasteiger partial charge in [0.15, 0.2) is 0 Å². The second-order valence-electron chi connectivity index (χ2n) is 8.30. The lowest BCUT2D eigenvalue weighted by atomic mass is 9.76. The number of ether oxygens (including phenoxy) is 2. The summed E-state index contributed by atoms with van der Waals surface area (Å²) in [4.78, 5) is 43.9. The molecule has 0 aliphatic carbocycles. The first-order valence-corrected chi connectivity index (χ1v) is 11.9. The minimum Gasteiger partial charge on any atom is -0.463 e. The monoisotopic (exact) mass is 505 g/mol. The maximum Gasteiger partial charge on any atom is 0.336 e. The van der Waals surface area contributed by atoms with Gasteiger partial charge in [0.2, 0.25) is 0 Å². The van der Waals surface area contributed by atoms with Gasteiger partial charge < -0.3 is 9.47 Å². The van der Waals surface area contributed by atoms with Crippen LogP contribution in [0.3, 0.4) is 0 Å². The summed E-state index contributed by atoms with van der Waals surface area (Å²) in [6.45, 7) is 3.57. The quantitative estimate of drug-likeness (QED) is 0.302. The lowest BCUT2D eigenvalue weighted by Gasteiger charge is -2.30. The Balaban J connectivity index is 1.57. The molecule has 0 saturated heterocycles. The minimum atomic E-state index is -0.716. The number of esters is 1. The normalized spacial score (nSPS) is 19.2. The number of benzene rings is 2. The topological polar surface area (TPSA) is 109 Å². The molecule has 2 atom stereocenters. The molecule has 9 heteroatoms. The fourth-order valence-corrected chi connectivity index (χ4v) is 4.74. The van der Waals surface area contributed by atoms with Crippen molar-refractivity contribution >= 4 is 35.1 Å². The number of nitrogens with zero attached hydrogens (tertiary/aromatic N) is 3. The number of carbonyl (C=O) groups excluding carboxylic acids is 3. The average Bonchev–Trinajstić information content (AvgIpc) is 3.11. The fourth-order valence-electron chi connectivity index (χ4n) is 4.49. The number of imide groups is 1. The van der Waals surface area contributed by atoms with E-state index in [-0.39, 0.29) is 43.8 Å². The molecule has 0 aromatic heterocycles. The van der Waals surface area contributed by atoms with Crippen LogP contribution in [-0.4, -0.2) is 54.8 Å². The third kappa shape index (κ3) is 4.68. The summed E-state index contributed by atoms with van der Waals surface area (Å²) in [5.41, 5.74) is 2.41. The zero-order chi connectivity index (χ0) is 25.8. The second-order valence-corrected chi connectivity index (χ2v) is 8.71. The van der Waals surface area contributed by atoms with E-state index in [4.69, 9.17) is 21.1 Å². The van der Waals surface area contributed by atoms with Crippen LogP contribution in [0.4, 0.5) is 0 Å². The van der Waals surface area contributed by atoms with E-state index in [1.807, 2.05) is 0 Å². The smallest absolute Gasteiger partial charge is 0.336 e. The summed E-state index contributed by atoms with van der Waals surface area (Å²) in [6, 6.07) is 15.9. The lowest BCUT2D eigenvalue weighted by Crippen LogP contribution is -2.34. The van der Waals surface area contributed by atoms with E-state index in [1.54, 1.807) is 62.4 Å². The Morgan fingerprint density at radius 3 is 2.36 bits per heavy atom. The van der Waals surface area contributed by atoms with E-state index < -0.39 is 17.8 Å². The van der Waals surface area contributed by atoms with Crippen LogP contribution in [0.25, 0.3) is 0 Å². The van der Waals surface area contributed by atoms with Crippen LogP contribution in [0.2, 0.25) is 5.02 Å². The molecule has 2 aliphatic heterocycles. The van der Waals surface area contributed by atoms with Gasteiger partial charge in [-0.15, -0.1) is 0 Å². The summed E-state index contributed by atoms with van der Waals surface area (Å²) in [7, 11) is 0. The highest BCUT2D eigenvalue weighted by Crippen LogP contribution is 2.41. The fraction of sp³-hybridized carbons (Fsp3) is 0.296. The van der Waals surface area contributed by atoms with Gasteiger partial charge in [0, 0.05) is 16.7 Å².